The van der Waals surface area contributed by atoms with Crippen LogP contribution >= 0.6 is 11.6 Å². The van der Waals surface area contributed by atoms with E-state index >= 15 is 0 Å². The van der Waals surface area contributed by atoms with Gasteiger partial charge in [-0.05, 0) is 36.1 Å². The molecule has 0 aliphatic carbocycles. The SMILES string of the molecule is CC(NC(=O)C(NC(=O)c1nn(Cc2ccc(F)cc2)c2c(Cl)cccc12)C(C)(C)C)C(=O)O. The molecule has 180 valence electrons. The van der Waals surface area contributed by atoms with Crippen molar-refractivity contribution >= 4 is 40.3 Å². The Morgan fingerprint density at radius 2 is 1.76 bits per heavy atom. The van der Waals surface area contributed by atoms with E-state index in [0.29, 0.717) is 15.9 Å². The second-order valence-corrected chi connectivity index (χ2v) is 9.52. The zero-order valence-corrected chi connectivity index (χ0v) is 20.0. The minimum absolute atomic E-state index is 0.0629. The average molecular weight is 489 g/mol. The van der Waals surface area contributed by atoms with Crippen LogP contribution in [0.2, 0.25) is 5.02 Å². The number of carboxylic acids is 1. The van der Waals surface area contributed by atoms with Gasteiger partial charge >= 0.3 is 5.97 Å². The van der Waals surface area contributed by atoms with Crippen LogP contribution in [-0.2, 0) is 16.1 Å². The number of para-hydroxylation sites is 1. The van der Waals surface area contributed by atoms with Crippen LogP contribution in [0.4, 0.5) is 4.39 Å². The summed E-state index contributed by atoms with van der Waals surface area (Å²) in [6, 6.07) is 8.81. The summed E-state index contributed by atoms with van der Waals surface area (Å²) in [4.78, 5) is 37.2. The van der Waals surface area contributed by atoms with Crippen LogP contribution < -0.4 is 10.6 Å². The van der Waals surface area contributed by atoms with Crippen LogP contribution in [0.5, 0.6) is 0 Å². The highest BCUT2D eigenvalue weighted by Gasteiger charge is 2.35. The fourth-order valence-corrected chi connectivity index (χ4v) is 3.74. The van der Waals surface area contributed by atoms with Crippen LogP contribution in [0.25, 0.3) is 10.9 Å². The van der Waals surface area contributed by atoms with E-state index in [4.69, 9.17) is 16.7 Å². The van der Waals surface area contributed by atoms with Crippen LogP contribution in [-0.4, -0.2) is 44.8 Å². The molecule has 2 aromatic carbocycles. The molecule has 0 saturated carbocycles. The molecule has 3 rings (SSSR count). The van der Waals surface area contributed by atoms with E-state index in [-0.39, 0.29) is 18.1 Å². The molecule has 0 fully saturated rings. The number of carboxylic acid groups (broad SMARTS) is 1. The van der Waals surface area contributed by atoms with E-state index in [9.17, 15) is 18.8 Å². The third-order valence-corrected chi connectivity index (χ3v) is 5.62. The molecule has 0 saturated heterocycles. The topological polar surface area (TPSA) is 113 Å². The molecule has 34 heavy (non-hydrogen) atoms. The number of nitrogens with one attached hydrogen (secondary N) is 2. The summed E-state index contributed by atoms with van der Waals surface area (Å²) >= 11 is 6.42. The van der Waals surface area contributed by atoms with Gasteiger partial charge in [0.25, 0.3) is 5.91 Å². The number of carbonyl (C=O) groups is 3. The van der Waals surface area contributed by atoms with Gasteiger partial charge < -0.3 is 15.7 Å². The molecule has 1 heterocycles. The summed E-state index contributed by atoms with van der Waals surface area (Å²) in [7, 11) is 0. The van der Waals surface area contributed by atoms with Crippen molar-refractivity contribution in [2.24, 2.45) is 5.41 Å². The molecule has 2 amide bonds. The lowest BCUT2D eigenvalue weighted by Crippen LogP contribution is -2.56. The highest BCUT2D eigenvalue weighted by Crippen LogP contribution is 2.28. The average Bonchev–Trinajstić information content (AvgIpc) is 3.12. The normalized spacial score (nSPS) is 13.4. The lowest BCUT2D eigenvalue weighted by Gasteiger charge is -2.30. The zero-order chi connectivity index (χ0) is 25.2. The van der Waals surface area contributed by atoms with Gasteiger partial charge in [0.2, 0.25) is 5.91 Å². The van der Waals surface area contributed by atoms with E-state index in [0.717, 1.165) is 5.56 Å². The number of nitrogens with zero attached hydrogens (tertiary/aromatic N) is 2. The molecule has 0 bridgehead atoms. The maximum absolute atomic E-state index is 13.3. The van der Waals surface area contributed by atoms with Crippen molar-refractivity contribution in [1.29, 1.82) is 0 Å². The number of amides is 2. The number of aromatic nitrogens is 2. The number of halogens is 2. The molecule has 8 nitrogen and oxygen atoms in total. The Labute approximate surface area is 201 Å². The predicted octanol–water partition coefficient (Wildman–Crippen LogP) is 3.61. The van der Waals surface area contributed by atoms with Gasteiger partial charge in [0.05, 0.1) is 17.1 Å². The third-order valence-electron chi connectivity index (χ3n) is 5.31. The Bertz CT molecular complexity index is 1230. The first kappa shape index (κ1) is 25.2. The Morgan fingerprint density at radius 1 is 1.12 bits per heavy atom. The first-order valence-corrected chi connectivity index (χ1v) is 11.0. The minimum atomic E-state index is -1.19. The number of fused-ring (bicyclic) bond motifs is 1. The largest absolute Gasteiger partial charge is 0.480 e. The quantitative estimate of drug-likeness (QED) is 0.470. The summed E-state index contributed by atoms with van der Waals surface area (Å²) in [5.74, 6) is -2.78. The molecule has 3 N–H and O–H groups in total. The smallest absolute Gasteiger partial charge is 0.325 e. The monoisotopic (exact) mass is 488 g/mol. The minimum Gasteiger partial charge on any atom is -0.480 e. The highest BCUT2D eigenvalue weighted by molar-refractivity contribution is 6.35. The Hall–Kier alpha value is -3.46. The first-order chi connectivity index (χ1) is 15.9. The molecule has 0 radical (unpaired) electrons. The summed E-state index contributed by atoms with van der Waals surface area (Å²) in [6.07, 6.45) is 0. The van der Waals surface area contributed by atoms with Crippen molar-refractivity contribution in [2.45, 2.75) is 46.3 Å². The molecule has 3 aromatic rings. The standard InChI is InChI=1S/C24H26ClFN4O4/c1-13(23(33)34)27-22(32)20(24(2,3)4)28-21(31)18-16-6-5-7-17(25)19(16)30(29-18)12-14-8-10-15(26)11-9-14/h5-11,13,20H,12H2,1-4H3,(H,27,32)(H,28,31)(H,33,34). The second kappa shape index (κ2) is 9.80. The maximum atomic E-state index is 13.3. The molecule has 0 aliphatic heterocycles. The summed E-state index contributed by atoms with van der Waals surface area (Å²) in [5.41, 5.74) is 0.623. The number of carbonyl (C=O) groups excluding carboxylic acids is 2. The fraction of sp³-hybridized carbons (Fsp3) is 0.333. The highest BCUT2D eigenvalue weighted by atomic mass is 35.5. The molecule has 10 heteroatoms. The van der Waals surface area contributed by atoms with E-state index in [2.05, 4.69) is 15.7 Å². The molecule has 2 atom stereocenters. The summed E-state index contributed by atoms with van der Waals surface area (Å²) in [6.45, 7) is 6.85. The van der Waals surface area contributed by atoms with Gasteiger partial charge in [-0.1, -0.05) is 56.6 Å². The van der Waals surface area contributed by atoms with Crippen molar-refractivity contribution in [1.82, 2.24) is 20.4 Å². The van der Waals surface area contributed by atoms with Gasteiger partial charge in [0.15, 0.2) is 5.69 Å². The van der Waals surface area contributed by atoms with Crippen LogP contribution in [0.15, 0.2) is 42.5 Å². The molecule has 2 unspecified atom stereocenters. The van der Waals surface area contributed by atoms with Crippen LogP contribution in [0, 0.1) is 11.2 Å². The fourth-order valence-electron chi connectivity index (χ4n) is 3.47. The number of hydrogen-bond donors (Lipinski definition) is 3. The van der Waals surface area contributed by atoms with Crippen molar-refractivity contribution in [3.8, 4) is 0 Å². The Balaban J connectivity index is 1.96. The zero-order valence-electron chi connectivity index (χ0n) is 19.2. The van der Waals surface area contributed by atoms with E-state index in [1.807, 2.05) is 0 Å². The van der Waals surface area contributed by atoms with Gasteiger partial charge in [-0.2, -0.15) is 5.10 Å². The van der Waals surface area contributed by atoms with E-state index in [1.165, 1.54) is 19.1 Å². The number of hydrogen-bond acceptors (Lipinski definition) is 4. The summed E-state index contributed by atoms with van der Waals surface area (Å²) < 4.78 is 14.9. The van der Waals surface area contributed by atoms with Gasteiger partial charge in [-0.25, -0.2) is 4.39 Å². The number of aliphatic carboxylic acids is 1. The molecule has 0 spiro atoms. The lowest BCUT2D eigenvalue weighted by atomic mass is 9.85. The van der Waals surface area contributed by atoms with E-state index in [1.54, 1.807) is 55.8 Å². The van der Waals surface area contributed by atoms with Crippen LogP contribution in [0.1, 0.15) is 43.7 Å². The number of rotatable bonds is 7. The van der Waals surface area contributed by atoms with Gasteiger partial charge in [-0.15, -0.1) is 0 Å². The van der Waals surface area contributed by atoms with Gasteiger partial charge in [0.1, 0.15) is 17.9 Å². The van der Waals surface area contributed by atoms with E-state index < -0.39 is 35.3 Å². The Kier molecular flexibility index (Phi) is 7.26. The molecular formula is C24H26ClFN4O4. The summed E-state index contributed by atoms with van der Waals surface area (Å²) in [5, 5.41) is 19.5. The predicted molar refractivity (Wildman–Crippen MR) is 126 cm³/mol. The first-order valence-electron chi connectivity index (χ1n) is 10.6. The lowest BCUT2D eigenvalue weighted by molar-refractivity contribution is -0.142. The molecule has 1 aromatic heterocycles. The molecular weight excluding hydrogens is 463 g/mol. The van der Waals surface area contributed by atoms with Crippen molar-refractivity contribution < 1.29 is 23.9 Å². The van der Waals surface area contributed by atoms with Crippen molar-refractivity contribution in [3.05, 3.63) is 64.6 Å². The maximum Gasteiger partial charge on any atom is 0.325 e. The second-order valence-electron chi connectivity index (χ2n) is 9.11. The molecule has 0 aliphatic rings. The number of benzene rings is 2. The Morgan fingerprint density at radius 3 is 2.35 bits per heavy atom. The van der Waals surface area contributed by atoms with Crippen molar-refractivity contribution in [2.75, 3.05) is 0 Å². The van der Waals surface area contributed by atoms with Gasteiger partial charge in [-0.3, -0.25) is 19.1 Å². The third kappa shape index (κ3) is 5.53. The van der Waals surface area contributed by atoms with Crippen LogP contribution in [0.3, 0.4) is 0 Å². The van der Waals surface area contributed by atoms with Gasteiger partial charge in [0, 0.05) is 5.39 Å². The van der Waals surface area contributed by atoms with Crippen molar-refractivity contribution in [3.63, 3.8) is 0 Å².